The molecule has 148 valence electrons. The molecular weight excluding hydrogens is 395 g/mol. The van der Waals surface area contributed by atoms with Crippen LogP contribution in [0.25, 0.3) is 0 Å². The molecule has 9 heteroatoms. The largest absolute Gasteiger partial charge is 0.467 e. The number of carbonyl (C=O) groups is 1. The zero-order valence-electron chi connectivity index (χ0n) is 14.9. The number of ether oxygens (including phenoxy) is 1. The third kappa shape index (κ3) is 4.52. The Bertz CT molecular complexity index is 1010. The Morgan fingerprint density at radius 2 is 1.61 bits per heavy atom. The molecule has 2 rings (SSSR count). The minimum absolute atomic E-state index is 0.169. The van der Waals surface area contributed by atoms with Crippen LogP contribution < -0.4 is 4.72 Å². The predicted molar refractivity (Wildman–Crippen MR) is 95.6 cm³/mol. The Labute approximate surface area is 160 Å². The molecule has 0 heterocycles. The lowest BCUT2D eigenvalue weighted by Gasteiger charge is -2.28. The van der Waals surface area contributed by atoms with Crippen LogP contribution in [0.4, 0.5) is 13.2 Å². The zero-order valence-corrected chi connectivity index (χ0v) is 15.7. The van der Waals surface area contributed by atoms with Gasteiger partial charge in [0.05, 0.1) is 12.0 Å². The summed E-state index contributed by atoms with van der Waals surface area (Å²) in [7, 11) is -4.03. The number of carbonyl (C=O) groups excluding carboxylic acids is 1. The van der Waals surface area contributed by atoms with Crippen molar-refractivity contribution in [2.24, 2.45) is 0 Å². The molecular formula is C19H16F3NO4S. The van der Waals surface area contributed by atoms with Gasteiger partial charge in [0, 0.05) is 5.56 Å². The van der Waals surface area contributed by atoms with E-state index in [1.807, 2.05) is 0 Å². The van der Waals surface area contributed by atoms with Crippen molar-refractivity contribution in [3.8, 4) is 11.8 Å². The van der Waals surface area contributed by atoms with E-state index in [2.05, 4.69) is 10.7 Å². The fourth-order valence-corrected chi connectivity index (χ4v) is 3.47. The summed E-state index contributed by atoms with van der Waals surface area (Å²) in [6.07, 6.45) is -5.39. The number of methoxy groups -OCH3 is 1. The normalized spacial score (nSPS) is 13.8. The molecule has 0 aliphatic rings. The average Bonchev–Trinajstić information content (AvgIpc) is 2.65. The van der Waals surface area contributed by atoms with Crippen molar-refractivity contribution in [2.75, 3.05) is 7.11 Å². The molecule has 0 spiro atoms. The first-order valence-electron chi connectivity index (χ1n) is 7.86. The van der Waals surface area contributed by atoms with Crippen molar-refractivity contribution >= 4 is 16.0 Å². The van der Waals surface area contributed by atoms with Crippen molar-refractivity contribution in [1.82, 2.24) is 4.72 Å². The third-order valence-corrected chi connectivity index (χ3v) is 5.17. The van der Waals surface area contributed by atoms with Gasteiger partial charge in [0.2, 0.25) is 10.0 Å². The van der Waals surface area contributed by atoms with E-state index >= 15 is 0 Å². The Kier molecular flexibility index (Phi) is 6.17. The van der Waals surface area contributed by atoms with Gasteiger partial charge in [-0.3, -0.25) is 0 Å². The SMILES string of the molecule is COC(=O)C(C#Cc1ccc(C)cc1)(NS(=O)(=O)c1ccccc1)C(F)(F)F. The first kappa shape index (κ1) is 21.5. The maximum atomic E-state index is 13.9. The first-order chi connectivity index (χ1) is 13.0. The summed E-state index contributed by atoms with van der Waals surface area (Å²) >= 11 is 0. The monoisotopic (exact) mass is 411 g/mol. The summed E-state index contributed by atoms with van der Waals surface area (Å²) in [4.78, 5) is 11.6. The topological polar surface area (TPSA) is 72.5 Å². The molecule has 0 fully saturated rings. The Morgan fingerprint density at radius 3 is 2.11 bits per heavy atom. The molecule has 0 aliphatic carbocycles. The molecule has 0 saturated heterocycles. The highest BCUT2D eigenvalue weighted by atomic mass is 32.2. The fraction of sp³-hybridized carbons (Fsp3) is 0.211. The van der Waals surface area contributed by atoms with Crippen LogP contribution in [0.2, 0.25) is 0 Å². The second-order valence-corrected chi connectivity index (χ2v) is 7.46. The lowest BCUT2D eigenvalue weighted by atomic mass is 10.0. The minimum atomic E-state index is -5.39. The molecule has 2 aromatic carbocycles. The molecule has 2 aromatic rings. The van der Waals surface area contributed by atoms with E-state index in [1.165, 1.54) is 35.1 Å². The van der Waals surface area contributed by atoms with Crippen LogP contribution in [0.15, 0.2) is 59.5 Å². The molecule has 0 bridgehead atoms. The Morgan fingerprint density at radius 1 is 1.04 bits per heavy atom. The van der Waals surface area contributed by atoms with E-state index in [0.29, 0.717) is 7.11 Å². The summed E-state index contributed by atoms with van der Waals surface area (Å²) in [5.74, 6) is 2.07. The summed E-state index contributed by atoms with van der Waals surface area (Å²) in [5, 5.41) is 0. The maximum Gasteiger partial charge on any atom is 0.429 e. The van der Waals surface area contributed by atoms with Gasteiger partial charge in [-0.05, 0) is 31.2 Å². The Balaban J connectivity index is 2.62. The quantitative estimate of drug-likeness (QED) is 0.620. The van der Waals surface area contributed by atoms with E-state index in [4.69, 9.17) is 0 Å². The van der Waals surface area contributed by atoms with Crippen LogP contribution in [-0.4, -0.2) is 33.2 Å². The fourth-order valence-electron chi connectivity index (χ4n) is 2.18. The van der Waals surface area contributed by atoms with E-state index in [9.17, 15) is 26.4 Å². The van der Waals surface area contributed by atoms with E-state index in [0.717, 1.165) is 17.7 Å². The van der Waals surface area contributed by atoms with Gasteiger partial charge in [-0.25, -0.2) is 13.2 Å². The number of alkyl halides is 3. The summed E-state index contributed by atoms with van der Waals surface area (Å²) in [5.41, 5.74) is -2.76. The van der Waals surface area contributed by atoms with Crippen molar-refractivity contribution in [3.05, 3.63) is 65.7 Å². The zero-order chi connectivity index (χ0) is 21.0. The van der Waals surface area contributed by atoms with Crippen LogP contribution in [0.1, 0.15) is 11.1 Å². The number of sulfonamides is 1. The van der Waals surface area contributed by atoms with Gasteiger partial charge in [0.25, 0.3) is 5.54 Å². The van der Waals surface area contributed by atoms with Gasteiger partial charge in [-0.2, -0.15) is 17.9 Å². The summed E-state index contributed by atoms with van der Waals surface area (Å²) in [6.45, 7) is 1.78. The molecule has 28 heavy (non-hydrogen) atoms. The van der Waals surface area contributed by atoms with Crippen LogP contribution in [-0.2, 0) is 19.6 Å². The molecule has 0 radical (unpaired) electrons. The van der Waals surface area contributed by atoms with Gasteiger partial charge < -0.3 is 4.74 Å². The third-order valence-electron chi connectivity index (χ3n) is 3.70. The van der Waals surface area contributed by atoms with Gasteiger partial charge in [-0.1, -0.05) is 47.7 Å². The van der Waals surface area contributed by atoms with Gasteiger partial charge in [0.15, 0.2) is 0 Å². The second-order valence-electron chi connectivity index (χ2n) is 5.77. The molecule has 1 atom stereocenters. The highest BCUT2D eigenvalue weighted by Crippen LogP contribution is 2.33. The number of hydrogen-bond donors (Lipinski definition) is 1. The highest BCUT2D eigenvalue weighted by molar-refractivity contribution is 7.89. The lowest BCUT2D eigenvalue weighted by Crippen LogP contribution is -2.63. The molecule has 0 amide bonds. The number of halogens is 3. The van der Waals surface area contributed by atoms with E-state index in [-0.39, 0.29) is 5.56 Å². The Hall–Kier alpha value is -2.83. The van der Waals surface area contributed by atoms with Crippen LogP contribution in [0, 0.1) is 18.8 Å². The van der Waals surface area contributed by atoms with Crippen LogP contribution in [0.3, 0.4) is 0 Å². The average molecular weight is 411 g/mol. The molecule has 0 aliphatic heterocycles. The van der Waals surface area contributed by atoms with Crippen molar-refractivity contribution < 1.29 is 31.1 Å². The second kappa shape index (κ2) is 8.04. The number of benzene rings is 2. The maximum absolute atomic E-state index is 13.9. The van der Waals surface area contributed by atoms with Gasteiger partial charge >= 0.3 is 12.1 Å². The van der Waals surface area contributed by atoms with Crippen molar-refractivity contribution in [1.29, 1.82) is 0 Å². The number of rotatable bonds is 4. The smallest absolute Gasteiger partial charge is 0.429 e. The predicted octanol–water partition coefficient (Wildman–Crippen LogP) is 2.80. The minimum Gasteiger partial charge on any atom is -0.467 e. The molecule has 1 unspecified atom stereocenters. The molecule has 0 saturated carbocycles. The van der Waals surface area contributed by atoms with E-state index in [1.54, 1.807) is 25.0 Å². The summed E-state index contributed by atoms with van der Waals surface area (Å²) < 4.78 is 72.3. The van der Waals surface area contributed by atoms with E-state index < -0.39 is 32.6 Å². The van der Waals surface area contributed by atoms with Gasteiger partial charge in [0.1, 0.15) is 0 Å². The van der Waals surface area contributed by atoms with Crippen molar-refractivity contribution in [2.45, 2.75) is 23.5 Å². The van der Waals surface area contributed by atoms with Crippen LogP contribution >= 0.6 is 0 Å². The number of aryl methyl sites for hydroxylation is 1. The van der Waals surface area contributed by atoms with Gasteiger partial charge in [-0.15, -0.1) is 0 Å². The highest BCUT2D eigenvalue weighted by Gasteiger charge is 2.63. The first-order valence-corrected chi connectivity index (χ1v) is 9.34. The molecule has 5 nitrogen and oxygen atoms in total. The molecule has 1 N–H and O–H groups in total. The molecule has 0 aromatic heterocycles. The summed E-state index contributed by atoms with van der Waals surface area (Å²) in [6, 6.07) is 12.5. The number of nitrogens with one attached hydrogen (secondary N) is 1. The van der Waals surface area contributed by atoms with Crippen LogP contribution in [0.5, 0.6) is 0 Å². The lowest BCUT2D eigenvalue weighted by molar-refractivity contribution is -0.194. The standard InChI is InChI=1S/C19H16F3NO4S/c1-14-8-10-15(11-9-14)12-13-18(17(24)27-2,19(20,21)22)23-28(25,26)16-6-4-3-5-7-16/h3-11,23H,1-2H3. The number of hydrogen-bond acceptors (Lipinski definition) is 4. The number of esters is 1. The van der Waals surface area contributed by atoms with Crippen molar-refractivity contribution in [3.63, 3.8) is 0 Å².